The van der Waals surface area contributed by atoms with Gasteiger partial charge in [-0.15, -0.1) is 0 Å². The van der Waals surface area contributed by atoms with Crippen LogP contribution in [0.1, 0.15) is 129 Å². The molecule has 0 aromatic heterocycles. The lowest BCUT2D eigenvalue weighted by Crippen LogP contribution is -2.53. The molecule has 4 aliphatic rings. The van der Waals surface area contributed by atoms with Crippen molar-refractivity contribution in [3.05, 3.63) is 129 Å². The van der Waals surface area contributed by atoms with E-state index in [0.29, 0.717) is 51.1 Å². The first-order valence-corrected chi connectivity index (χ1v) is 25.4. The SMILES string of the molecule is C/C=C\C1=C(C(C)C(C)CCC)CC(NC(=O)c2cccc(C(F)(F)F)c2)C12CCN(S(=O)(=O)CCC)CC2.O=C(NC1Cc2ccccc2C12CCNCC2)c1ccccc1C(F)(F)F.O=S. The first-order valence-electron chi connectivity index (χ1n) is 23.5. The van der Waals surface area contributed by atoms with Crippen LogP contribution in [0.2, 0.25) is 0 Å². The predicted octanol–water partition coefficient (Wildman–Crippen LogP) is 10.3. The molecule has 2 saturated heterocycles. The summed E-state index contributed by atoms with van der Waals surface area (Å²) < 4.78 is 115. The van der Waals surface area contributed by atoms with Crippen LogP contribution in [0.15, 0.2) is 96.1 Å². The molecule has 3 aromatic rings. The molecule has 372 valence electrons. The fourth-order valence-corrected chi connectivity index (χ4v) is 12.5. The van der Waals surface area contributed by atoms with Crippen molar-refractivity contribution in [1.82, 2.24) is 20.3 Å². The zero-order chi connectivity index (χ0) is 50.1. The summed E-state index contributed by atoms with van der Waals surface area (Å²) in [6, 6.07) is 17.0. The number of piperidine rings is 2. The zero-order valence-electron chi connectivity index (χ0n) is 39.4. The standard InChI is InChI=1S/C30H43F3N2O3S.C21H21F3N2O.OS/c1-6-10-21(4)22(5)25-20-27(34-28(36)23-12-9-13-24(19-23)30(31,32)33)29(26(25)11-7-2)14-16-35(17-15-29)39(37,38)18-8-3;22-21(23,24)17-8-4-2-6-15(17)19(27)26-18-13-14-5-1-3-7-16(14)20(18)9-11-25-12-10-20;1-2/h7,9,11-13,19,21-22,27H,6,8,10,14-18,20H2,1-5H3,(H,34,36);1-8,18,25H,9-13H2,(H,26,27);/b11-7-;;. The van der Waals surface area contributed by atoms with E-state index < -0.39 is 50.7 Å². The Morgan fingerprint density at radius 1 is 0.809 bits per heavy atom. The quantitative estimate of drug-likeness (QED) is 0.154. The summed E-state index contributed by atoms with van der Waals surface area (Å²) in [4.78, 5) is 26.2. The van der Waals surface area contributed by atoms with Gasteiger partial charge in [0.15, 0.2) is 12.5 Å². The van der Waals surface area contributed by atoms with Gasteiger partial charge in [0.2, 0.25) is 10.0 Å². The number of alkyl halides is 6. The molecule has 3 N–H and O–H groups in total. The number of halogens is 6. The van der Waals surface area contributed by atoms with E-state index in [9.17, 15) is 44.3 Å². The summed E-state index contributed by atoms with van der Waals surface area (Å²) in [5.74, 6) is -0.416. The highest BCUT2D eigenvalue weighted by molar-refractivity contribution is 7.89. The first kappa shape index (κ1) is 54.5. The van der Waals surface area contributed by atoms with Crippen molar-refractivity contribution in [1.29, 1.82) is 0 Å². The highest BCUT2D eigenvalue weighted by atomic mass is 32.2. The molecule has 2 heterocycles. The number of sulfonamides is 1. The molecule has 2 spiro atoms. The van der Waals surface area contributed by atoms with Gasteiger partial charge in [-0.05, 0) is 124 Å². The molecule has 0 bridgehead atoms. The van der Waals surface area contributed by atoms with Gasteiger partial charge in [0.05, 0.1) is 22.4 Å². The van der Waals surface area contributed by atoms with E-state index in [4.69, 9.17) is 4.21 Å². The molecule has 3 aromatic carbocycles. The number of rotatable bonds is 12. The summed E-state index contributed by atoms with van der Waals surface area (Å²) >= 11 is 2.83. The minimum Gasteiger partial charge on any atom is -0.348 e. The third-order valence-electron chi connectivity index (χ3n) is 14.6. The molecular formula is C51H64F6N4O5S2. The second kappa shape index (κ2) is 23.0. The minimum atomic E-state index is -4.56. The Morgan fingerprint density at radius 3 is 2.04 bits per heavy atom. The van der Waals surface area contributed by atoms with Crippen LogP contribution in [0.4, 0.5) is 26.3 Å². The van der Waals surface area contributed by atoms with Gasteiger partial charge in [-0.25, -0.2) is 12.7 Å². The second-order valence-corrected chi connectivity index (χ2v) is 20.6. The lowest BCUT2D eigenvalue weighted by molar-refractivity contribution is -0.138. The predicted molar refractivity (Wildman–Crippen MR) is 254 cm³/mol. The molecule has 2 amide bonds. The normalized spacial score (nSPS) is 21.0. The number of nitrogens with one attached hydrogen (secondary N) is 3. The molecule has 9 nitrogen and oxygen atoms in total. The molecule has 68 heavy (non-hydrogen) atoms. The fraction of sp³-hybridized carbons (Fsp3) is 0.529. The van der Waals surface area contributed by atoms with Gasteiger partial charge in [-0.3, -0.25) is 9.59 Å². The van der Waals surface area contributed by atoms with E-state index in [0.717, 1.165) is 62.5 Å². The number of fused-ring (bicyclic) bond motifs is 2. The molecule has 2 aliphatic carbocycles. The topological polar surface area (TPSA) is 125 Å². The summed E-state index contributed by atoms with van der Waals surface area (Å²) in [5.41, 5.74) is 2.01. The van der Waals surface area contributed by atoms with Crippen molar-refractivity contribution in [2.75, 3.05) is 31.9 Å². The molecule has 7 rings (SSSR count). The number of benzene rings is 3. The van der Waals surface area contributed by atoms with Crippen LogP contribution in [0.3, 0.4) is 0 Å². The maximum Gasteiger partial charge on any atom is 0.417 e. The molecule has 0 saturated carbocycles. The molecule has 0 radical (unpaired) electrons. The molecule has 17 heteroatoms. The fourth-order valence-electron chi connectivity index (χ4n) is 11.0. The Balaban J connectivity index is 0.000000259. The molecule has 4 atom stereocenters. The average molecular weight is 991 g/mol. The molecular weight excluding hydrogens is 927 g/mol. The summed E-state index contributed by atoms with van der Waals surface area (Å²) in [7, 11) is -3.36. The van der Waals surface area contributed by atoms with E-state index >= 15 is 0 Å². The Kier molecular flexibility index (Phi) is 18.4. The maximum atomic E-state index is 13.4. The smallest absolute Gasteiger partial charge is 0.348 e. The van der Waals surface area contributed by atoms with Crippen molar-refractivity contribution in [3.63, 3.8) is 0 Å². The van der Waals surface area contributed by atoms with Crippen LogP contribution < -0.4 is 16.0 Å². The van der Waals surface area contributed by atoms with Gasteiger partial charge in [0.1, 0.15) is 0 Å². The Labute approximate surface area is 402 Å². The van der Waals surface area contributed by atoms with Gasteiger partial charge in [-0.1, -0.05) is 101 Å². The van der Waals surface area contributed by atoms with Crippen LogP contribution in [0.5, 0.6) is 0 Å². The van der Waals surface area contributed by atoms with E-state index in [1.54, 1.807) is 4.31 Å². The Bertz CT molecular complexity index is 2390. The zero-order valence-corrected chi connectivity index (χ0v) is 41.0. The Hall–Kier alpha value is -4.45. The van der Waals surface area contributed by atoms with Gasteiger partial charge >= 0.3 is 12.4 Å². The number of hydrogen-bond acceptors (Lipinski definition) is 7. The number of hydrogen-bond donors (Lipinski definition) is 3. The number of amides is 2. The van der Waals surface area contributed by atoms with Crippen molar-refractivity contribution >= 4 is 34.4 Å². The van der Waals surface area contributed by atoms with E-state index in [1.807, 2.05) is 32.1 Å². The van der Waals surface area contributed by atoms with Crippen LogP contribution in [-0.2, 0) is 46.7 Å². The number of carbonyl (C=O) groups is 2. The van der Waals surface area contributed by atoms with Crippen LogP contribution >= 0.6 is 0 Å². The van der Waals surface area contributed by atoms with E-state index in [-0.39, 0.29) is 40.3 Å². The van der Waals surface area contributed by atoms with E-state index in [2.05, 4.69) is 67.5 Å². The van der Waals surface area contributed by atoms with Gasteiger partial charge < -0.3 is 16.0 Å². The number of allylic oxidation sites excluding steroid dienone is 2. The molecule has 2 aliphatic heterocycles. The molecule has 2 fully saturated rings. The monoisotopic (exact) mass is 990 g/mol. The number of carbonyl (C=O) groups excluding carboxylic acids is 2. The van der Waals surface area contributed by atoms with Crippen LogP contribution in [0, 0.1) is 17.3 Å². The first-order chi connectivity index (χ1) is 32.2. The van der Waals surface area contributed by atoms with E-state index in [1.165, 1.54) is 47.0 Å². The van der Waals surface area contributed by atoms with Crippen LogP contribution in [0.25, 0.3) is 0 Å². The van der Waals surface area contributed by atoms with Crippen LogP contribution in [-0.4, -0.2) is 72.8 Å². The summed E-state index contributed by atoms with van der Waals surface area (Å²) in [6.07, 6.45) is 1.71. The third-order valence-corrected chi connectivity index (χ3v) is 16.7. The Morgan fingerprint density at radius 2 is 1.43 bits per heavy atom. The van der Waals surface area contributed by atoms with Gasteiger partial charge in [-0.2, -0.15) is 30.6 Å². The summed E-state index contributed by atoms with van der Waals surface area (Å²) in [6.45, 7) is 12.8. The highest BCUT2D eigenvalue weighted by Gasteiger charge is 2.52. The van der Waals surface area contributed by atoms with Crippen molar-refractivity contribution in [2.45, 2.75) is 122 Å². The third kappa shape index (κ3) is 11.9. The highest BCUT2D eigenvalue weighted by Crippen LogP contribution is 2.54. The minimum absolute atomic E-state index is 0.0311. The second-order valence-electron chi connectivity index (χ2n) is 18.5. The molecule has 4 unspecified atom stereocenters. The average Bonchev–Trinajstić information content (AvgIpc) is 3.76. The maximum absolute atomic E-state index is 13.4. The van der Waals surface area contributed by atoms with Crippen molar-refractivity contribution in [3.8, 4) is 0 Å². The van der Waals surface area contributed by atoms with Crippen molar-refractivity contribution in [2.24, 2.45) is 17.3 Å². The van der Waals surface area contributed by atoms with Crippen molar-refractivity contribution < 1.29 is 48.6 Å². The lowest BCUT2D eigenvalue weighted by atomic mass is 9.70. The lowest BCUT2D eigenvalue weighted by Gasteiger charge is -2.44. The largest absolute Gasteiger partial charge is 0.417 e. The summed E-state index contributed by atoms with van der Waals surface area (Å²) in [5, 5.41) is 9.40. The van der Waals surface area contributed by atoms with Gasteiger partial charge in [0.25, 0.3) is 11.8 Å². The number of nitrogens with zero attached hydrogens (tertiary/aromatic N) is 1. The van der Waals surface area contributed by atoms with Gasteiger partial charge in [0, 0.05) is 41.6 Å².